The number of benzene rings is 1. The number of carboxylic acids is 1. The molecule has 0 spiro atoms. The third-order valence-corrected chi connectivity index (χ3v) is 8.37. The van der Waals surface area contributed by atoms with E-state index in [0.717, 1.165) is 0 Å². The molecule has 2 N–H and O–H groups in total. The first kappa shape index (κ1) is 16.7. The number of carboxylic acid groups (broad SMARTS) is 1. The van der Waals surface area contributed by atoms with E-state index in [2.05, 4.69) is 33.9 Å². The molecule has 1 unspecified atom stereocenters. The third kappa shape index (κ3) is 3.40. The topological polar surface area (TPSA) is 66.8 Å². The average molecular weight is 296 g/mol. The van der Waals surface area contributed by atoms with Crippen LogP contribution in [0.1, 0.15) is 33.3 Å². The molecule has 20 heavy (non-hydrogen) atoms. The van der Waals surface area contributed by atoms with Crippen LogP contribution in [-0.4, -0.2) is 24.5 Å². The minimum atomic E-state index is -1.91. The van der Waals surface area contributed by atoms with E-state index in [1.165, 1.54) is 6.92 Å². The molecule has 0 saturated heterocycles. The maximum Gasteiger partial charge on any atom is 0.340 e. The maximum absolute atomic E-state index is 11.0. The van der Waals surface area contributed by atoms with Gasteiger partial charge in [-0.05, 0) is 42.8 Å². The molecule has 0 aliphatic rings. The Balaban J connectivity index is 2.97. The molecule has 112 valence electrons. The Morgan fingerprint density at radius 1 is 1.10 bits per heavy atom. The Kier molecular flexibility index (Phi) is 4.36. The van der Waals surface area contributed by atoms with Gasteiger partial charge in [0, 0.05) is 0 Å². The maximum atomic E-state index is 11.0. The van der Waals surface area contributed by atoms with Gasteiger partial charge in [0.05, 0.1) is 0 Å². The van der Waals surface area contributed by atoms with E-state index in [0.29, 0.717) is 11.3 Å². The summed E-state index contributed by atoms with van der Waals surface area (Å²) in [6.45, 7) is 12.0. The molecule has 5 heteroatoms. The molecule has 0 amide bonds. The van der Waals surface area contributed by atoms with Crippen molar-refractivity contribution in [1.29, 1.82) is 0 Å². The fourth-order valence-corrected chi connectivity index (χ4v) is 2.45. The summed E-state index contributed by atoms with van der Waals surface area (Å²) in [6.07, 6.45) is 0. The van der Waals surface area contributed by atoms with Crippen LogP contribution in [0.3, 0.4) is 0 Å². The lowest BCUT2D eigenvalue weighted by molar-refractivity contribution is -0.157. The zero-order valence-corrected chi connectivity index (χ0v) is 14.0. The van der Waals surface area contributed by atoms with Gasteiger partial charge >= 0.3 is 5.97 Å². The lowest BCUT2D eigenvalue weighted by atomic mass is 9.96. The van der Waals surface area contributed by atoms with E-state index in [-0.39, 0.29) is 5.04 Å². The predicted octanol–water partition coefficient (Wildman–Crippen LogP) is 3.36. The van der Waals surface area contributed by atoms with Crippen LogP contribution in [0.25, 0.3) is 0 Å². The van der Waals surface area contributed by atoms with Crippen molar-refractivity contribution in [2.45, 2.75) is 51.4 Å². The zero-order valence-electron chi connectivity index (χ0n) is 13.0. The van der Waals surface area contributed by atoms with Gasteiger partial charge in [-0.1, -0.05) is 32.9 Å². The molecule has 0 fully saturated rings. The summed E-state index contributed by atoms with van der Waals surface area (Å²) in [6, 6.07) is 6.62. The summed E-state index contributed by atoms with van der Waals surface area (Å²) in [5.74, 6) is -0.558. The lowest BCUT2D eigenvalue weighted by Crippen LogP contribution is -2.43. The molecule has 0 radical (unpaired) electrons. The second kappa shape index (κ2) is 5.22. The van der Waals surface area contributed by atoms with Crippen molar-refractivity contribution >= 4 is 14.3 Å². The average Bonchev–Trinajstić information content (AvgIpc) is 2.27. The molecule has 1 atom stereocenters. The molecule has 1 aromatic carbocycles. The number of aliphatic carboxylic acids is 1. The highest BCUT2D eigenvalue weighted by Crippen LogP contribution is 2.37. The largest absolute Gasteiger partial charge is 0.544 e. The highest BCUT2D eigenvalue weighted by atomic mass is 28.4. The highest BCUT2D eigenvalue weighted by molar-refractivity contribution is 6.74. The van der Waals surface area contributed by atoms with E-state index in [1.54, 1.807) is 24.3 Å². The van der Waals surface area contributed by atoms with Gasteiger partial charge in [-0.2, -0.15) is 0 Å². The number of hydrogen-bond donors (Lipinski definition) is 2. The fourth-order valence-electron chi connectivity index (χ4n) is 1.42. The molecule has 1 aromatic rings. The van der Waals surface area contributed by atoms with Gasteiger partial charge in [0.25, 0.3) is 0 Å². The Labute approximate surface area is 121 Å². The van der Waals surface area contributed by atoms with Crippen LogP contribution < -0.4 is 4.43 Å². The fraction of sp³-hybridized carbons (Fsp3) is 0.533. The molecule has 0 aliphatic heterocycles. The minimum Gasteiger partial charge on any atom is -0.544 e. The number of rotatable bonds is 4. The van der Waals surface area contributed by atoms with E-state index in [1.807, 2.05) is 0 Å². The molecule has 0 bridgehead atoms. The van der Waals surface area contributed by atoms with Crippen LogP contribution in [0.2, 0.25) is 18.1 Å². The Morgan fingerprint density at radius 2 is 1.55 bits per heavy atom. The van der Waals surface area contributed by atoms with E-state index in [4.69, 9.17) is 9.53 Å². The summed E-state index contributed by atoms with van der Waals surface area (Å²) in [4.78, 5) is 11.0. The van der Waals surface area contributed by atoms with Gasteiger partial charge in [0.2, 0.25) is 8.32 Å². The van der Waals surface area contributed by atoms with E-state index < -0.39 is 19.9 Å². The summed E-state index contributed by atoms with van der Waals surface area (Å²) in [7, 11) is -1.91. The Bertz CT molecular complexity index is 484. The first-order chi connectivity index (χ1) is 8.88. The summed E-state index contributed by atoms with van der Waals surface area (Å²) >= 11 is 0. The Hall–Kier alpha value is -1.33. The van der Waals surface area contributed by atoms with Crippen LogP contribution in [0.4, 0.5) is 0 Å². The van der Waals surface area contributed by atoms with Crippen molar-refractivity contribution in [3.63, 3.8) is 0 Å². The first-order valence-corrected chi connectivity index (χ1v) is 9.54. The third-order valence-electron chi connectivity index (χ3n) is 4.01. The quantitative estimate of drug-likeness (QED) is 0.836. The van der Waals surface area contributed by atoms with Crippen LogP contribution in [0.15, 0.2) is 24.3 Å². The van der Waals surface area contributed by atoms with Crippen molar-refractivity contribution in [3.8, 4) is 5.75 Å². The summed E-state index contributed by atoms with van der Waals surface area (Å²) in [5, 5.41) is 19.0. The summed E-state index contributed by atoms with van der Waals surface area (Å²) in [5.41, 5.74) is -1.54. The molecule has 0 aliphatic carbocycles. The number of aliphatic hydroxyl groups is 1. The van der Waals surface area contributed by atoms with Crippen LogP contribution in [0, 0.1) is 0 Å². The van der Waals surface area contributed by atoms with Crippen LogP contribution in [-0.2, 0) is 10.4 Å². The molecule has 0 saturated carbocycles. The molecule has 0 heterocycles. The highest BCUT2D eigenvalue weighted by Gasteiger charge is 2.39. The minimum absolute atomic E-state index is 0.0955. The number of hydrogen-bond acceptors (Lipinski definition) is 3. The van der Waals surface area contributed by atoms with Gasteiger partial charge < -0.3 is 14.6 Å². The predicted molar refractivity (Wildman–Crippen MR) is 81.5 cm³/mol. The smallest absolute Gasteiger partial charge is 0.340 e. The van der Waals surface area contributed by atoms with Gasteiger partial charge in [-0.3, -0.25) is 0 Å². The van der Waals surface area contributed by atoms with Gasteiger partial charge in [-0.25, -0.2) is 4.79 Å². The lowest BCUT2D eigenvalue weighted by Gasteiger charge is -2.36. The molecular weight excluding hydrogens is 272 g/mol. The van der Waals surface area contributed by atoms with Crippen molar-refractivity contribution in [2.24, 2.45) is 0 Å². The molecule has 1 rings (SSSR count). The second-order valence-corrected chi connectivity index (χ2v) is 11.5. The summed E-state index contributed by atoms with van der Waals surface area (Å²) < 4.78 is 6.10. The van der Waals surface area contributed by atoms with Crippen LogP contribution >= 0.6 is 0 Å². The Morgan fingerprint density at radius 3 is 1.90 bits per heavy atom. The SMILES string of the molecule is CC(O)(C(=O)O)c1ccc(O[Si](C)(C)C(C)(C)C)cc1. The van der Waals surface area contributed by atoms with Crippen molar-refractivity contribution in [1.82, 2.24) is 0 Å². The normalized spacial score (nSPS) is 15.6. The first-order valence-electron chi connectivity index (χ1n) is 6.63. The van der Waals surface area contributed by atoms with Gasteiger partial charge in [0.15, 0.2) is 5.60 Å². The zero-order chi connectivity index (χ0) is 15.8. The van der Waals surface area contributed by atoms with Crippen molar-refractivity contribution < 1.29 is 19.4 Å². The number of carbonyl (C=O) groups is 1. The van der Waals surface area contributed by atoms with E-state index in [9.17, 15) is 9.90 Å². The molecule has 0 aromatic heterocycles. The van der Waals surface area contributed by atoms with Crippen LogP contribution in [0.5, 0.6) is 5.75 Å². The molecule has 4 nitrogen and oxygen atoms in total. The van der Waals surface area contributed by atoms with E-state index >= 15 is 0 Å². The van der Waals surface area contributed by atoms with Gasteiger partial charge in [0.1, 0.15) is 5.75 Å². The van der Waals surface area contributed by atoms with Crippen molar-refractivity contribution in [2.75, 3.05) is 0 Å². The monoisotopic (exact) mass is 296 g/mol. The standard InChI is InChI=1S/C15H24O4Si/c1-14(2,3)20(5,6)19-12-9-7-11(8-10-12)15(4,18)13(16)17/h7-10,18H,1-6H3,(H,16,17). The van der Waals surface area contributed by atoms with Crippen molar-refractivity contribution in [3.05, 3.63) is 29.8 Å². The molecular formula is C15H24O4Si. The van der Waals surface area contributed by atoms with Gasteiger partial charge in [-0.15, -0.1) is 0 Å². The second-order valence-electron chi connectivity index (χ2n) is 6.76.